The fourth-order valence-electron chi connectivity index (χ4n) is 3.90. The number of carbonyl (C=O) groups is 2. The molecule has 1 atom stereocenters. The van der Waals surface area contributed by atoms with Crippen molar-refractivity contribution in [2.45, 2.75) is 33.2 Å². The number of hydrogen-bond acceptors (Lipinski definition) is 5. The van der Waals surface area contributed by atoms with Crippen molar-refractivity contribution in [3.05, 3.63) is 71.1 Å². The predicted molar refractivity (Wildman–Crippen MR) is 123 cm³/mol. The molecular weight excluding hydrogens is 428 g/mol. The Morgan fingerprint density at radius 3 is 2.28 bits per heavy atom. The van der Waals surface area contributed by atoms with Crippen LogP contribution in [-0.2, 0) is 9.59 Å². The molecule has 7 nitrogen and oxygen atoms in total. The first kappa shape index (κ1) is 21.8. The van der Waals surface area contributed by atoms with Gasteiger partial charge < -0.3 is 9.64 Å². The van der Waals surface area contributed by atoms with E-state index < -0.39 is 0 Å². The van der Waals surface area contributed by atoms with Gasteiger partial charge in [-0.2, -0.15) is 0 Å². The van der Waals surface area contributed by atoms with E-state index in [0.29, 0.717) is 41.1 Å². The monoisotopic (exact) mass is 450 g/mol. The van der Waals surface area contributed by atoms with E-state index in [1.807, 2.05) is 24.3 Å². The number of benzene rings is 2. The molecule has 3 aromatic rings. The Morgan fingerprint density at radius 1 is 1.06 bits per heavy atom. The first-order chi connectivity index (χ1) is 15.3. The lowest BCUT2D eigenvalue weighted by Crippen LogP contribution is -2.42. The number of aromatic nitrogens is 2. The van der Waals surface area contributed by atoms with Crippen LogP contribution >= 0.6 is 11.6 Å². The topological polar surface area (TPSA) is 75.6 Å². The molecule has 2 aromatic carbocycles. The quantitative estimate of drug-likeness (QED) is 0.554. The summed E-state index contributed by atoms with van der Waals surface area (Å²) in [6, 6.07) is 14.2. The normalized spacial score (nSPS) is 15.1. The number of aryl methyl sites for hydroxylation is 1. The van der Waals surface area contributed by atoms with Crippen molar-refractivity contribution in [1.29, 1.82) is 0 Å². The highest BCUT2D eigenvalue weighted by Crippen LogP contribution is 2.39. The van der Waals surface area contributed by atoms with Crippen molar-refractivity contribution in [2.75, 3.05) is 16.3 Å². The van der Waals surface area contributed by atoms with Crippen molar-refractivity contribution in [3.8, 4) is 11.5 Å². The van der Waals surface area contributed by atoms with Crippen molar-refractivity contribution in [3.63, 3.8) is 0 Å². The Labute approximate surface area is 191 Å². The number of anilines is 2. The molecule has 0 fully saturated rings. The van der Waals surface area contributed by atoms with Gasteiger partial charge in [0.2, 0.25) is 11.8 Å². The van der Waals surface area contributed by atoms with Crippen molar-refractivity contribution in [1.82, 2.24) is 9.97 Å². The molecule has 1 aliphatic rings. The number of amides is 2. The van der Waals surface area contributed by atoms with E-state index in [-0.39, 0.29) is 17.9 Å². The highest BCUT2D eigenvalue weighted by molar-refractivity contribution is 6.30. The summed E-state index contributed by atoms with van der Waals surface area (Å²) in [4.78, 5) is 37.0. The maximum absolute atomic E-state index is 12.7. The minimum atomic E-state index is -0.276. The van der Waals surface area contributed by atoms with Crippen molar-refractivity contribution < 1.29 is 14.3 Å². The molecule has 164 valence electrons. The molecule has 2 heterocycles. The summed E-state index contributed by atoms with van der Waals surface area (Å²) >= 11 is 5.92. The molecule has 1 unspecified atom stereocenters. The van der Waals surface area contributed by atoms with E-state index in [2.05, 4.69) is 9.97 Å². The van der Waals surface area contributed by atoms with Gasteiger partial charge in [-0.25, -0.2) is 9.97 Å². The maximum Gasteiger partial charge on any atom is 0.225 e. The number of carbonyl (C=O) groups excluding carboxylic acids is 2. The van der Waals surface area contributed by atoms with E-state index in [9.17, 15) is 9.59 Å². The zero-order valence-electron chi connectivity index (χ0n) is 18.1. The SMILES string of the molecule is CC(=O)N1CCC(N(C(C)=O)c2ccc(Oc3ccc(Cl)cc3)cc2)c2cnc(C)nc21. The average molecular weight is 451 g/mol. The number of hydrogen-bond donors (Lipinski definition) is 0. The molecule has 0 radical (unpaired) electrons. The highest BCUT2D eigenvalue weighted by Gasteiger charge is 2.34. The first-order valence-corrected chi connectivity index (χ1v) is 10.7. The van der Waals surface area contributed by atoms with Gasteiger partial charge in [-0.3, -0.25) is 14.5 Å². The number of rotatable bonds is 4. The van der Waals surface area contributed by atoms with Gasteiger partial charge in [0.15, 0.2) is 0 Å². The van der Waals surface area contributed by atoms with E-state index >= 15 is 0 Å². The third-order valence-corrected chi connectivity index (χ3v) is 5.60. The minimum Gasteiger partial charge on any atom is -0.457 e. The van der Waals surface area contributed by atoms with Crippen LogP contribution in [0.15, 0.2) is 54.7 Å². The van der Waals surface area contributed by atoms with Crippen molar-refractivity contribution in [2.24, 2.45) is 0 Å². The average Bonchev–Trinajstić information content (AvgIpc) is 2.76. The molecule has 1 aliphatic heterocycles. The van der Waals surface area contributed by atoms with Crippen LogP contribution in [0.25, 0.3) is 0 Å². The van der Waals surface area contributed by atoms with Crippen LogP contribution in [0.4, 0.5) is 11.5 Å². The summed E-state index contributed by atoms with van der Waals surface area (Å²) in [5.74, 6) is 2.27. The van der Waals surface area contributed by atoms with Gasteiger partial charge in [-0.05, 0) is 61.9 Å². The number of ether oxygens (including phenoxy) is 1. The molecule has 4 rings (SSSR count). The molecule has 0 saturated heterocycles. The van der Waals surface area contributed by atoms with Crippen molar-refractivity contribution >= 4 is 34.9 Å². The van der Waals surface area contributed by atoms with Gasteiger partial charge in [-0.15, -0.1) is 0 Å². The maximum atomic E-state index is 12.7. The van der Waals surface area contributed by atoms with E-state index in [1.54, 1.807) is 47.2 Å². The molecule has 0 aliphatic carbocycles. The number of nitrogens with zero attached hydrogens (tertiary/aromatic N) is 4. The predicted octanol–water partition coefficient (Wildman–Crippen LogP) is 5.08. The lowest BCUT2D eigenvalue weighted by molar-refractivity contribution is -0.117. The lowest BCUT2D eigenvalue weighted by Gasteiger charge is -2.38. The lowest BCUT2D eigenvalue weighted by atomic mass is 9.98. The fourth-order valence-corrected chi connectivity index (χ4v) is 4.03. The van der Waals surface area contributed by atoms with Gasteiger partial charge in [0.05, 0.1) is 6.04 Å². The molecule has 0 saturated carbocycles. The van der Waals surface area contributed by atoms with E-state index in [1.165, 1.54) is 13.8 Å². The number of halogens is 1. The van der Waals surface area contributed by atoms with Gasteiger partial charge in [0, 0.05) is 42.9 Å². The van der Waals surface area contributed by atoms with E-state index in [4.69, 9.17) is 16.3 Å². The number of fused-ring (bicyclic) bond motifs is 1. The molecule has 0 bridgehead atoms. The van der Waals surface area contributed by atoms with Crippen LogP contribution in [-0.4, -0.2) is 28.3 Å². The molecule has 0 spiro atoms. The van der Waals surface area contributed by atoms with Crippen LogP contribution < -0.4 is 14.5 Å². The molecule has 0 N–H and O–H groups in total. The fraction of sp³-hybridized carbons (Fsp3) is 0.250. The van der Waals surface area contributed by atoms with E-state index in [0.717, 1.165) is 11.3 Å². The van der Waals surface area contributed by atoms with Gasteiger partial charge in [0.1, 0.15) is 23.1 Å². The second-order valence-electron chi connectivity index (χ2n) is 7.61. The largest absolute Gasteiger partial charge is 0.457 e. The Kier molecular flexibility index (Phi) is 6.10. The van der Waals surface area contributed by atoms with Crippen LogP contribution in [0, 0.1) is 6.92 Å². The Balaban J connectivity index is 1.64. The zero-order valence-corrected chi connectivity index (χ0v) is 18.8. The molecule has 8 heteroatoms. The van der Waals surface area contributed by atoms with Crippen LogP contribution in [0.3, 0.4) is 0 Å². The van der Waals surface area contributed by atoms with Gasteiger partial charge in [-0.1, -0.05) is 11.6 Å². The molecule has 1 aromatic heterocycles. The second kappa shape index (κ2) is 8.96. The third kappa shape index (κ3) is 4.43. The van der Waals surface area contributed by atoms with Gasteiger partial charge >= 0.3 is 0 Å². The molecule has 2 amide bonds. The molecular formula is C24H23ClN4O3. The van der Waals surface area contributed by atoms with Crippen LogP contribution in [0.5, 0.6) is 11.5 Å². The molecule has 32 heavy (non-hydrogen) atoms. The summed E-state index contributed by atoms with van der Waals surface area (Å²) in [6.45, 7) is 5.31. The minimum absolute atomic E-state index is 0.0825. The summed E-state index contributed by atoms with van der Waals surface area (Å²) in [5, 5.41) is 0.639. The zero-order chi connectivity index (χ0) is 22.8. The standard InChI is InChI=1S/C24H23ClN4O3/c1-15-26-14-22-23(12-13-28(16(2)30)24(22)27-15)29(17(3)31)19-6-10-21(11-7-19)32-20-8-4-18(25)5-9-20/h4-11,14,23H,12-13H2,1-3H3. The van der Waals surface area contributed by atoms with Crippen LogP contribution in [0.1, 0.15) is 37.7 Å². The second-order valence-corrected chi connectivity index (χ2v) is 8.05. The summed E-state index contributed by atoms with van der Waals surface area (Å²) < 4.78 is 5.86. The Bertz CT molecular complexity index is 1150. The summed E-state index contributed by atoms with van der Waals surface area (Å²) in [6.07, 6.45) is 2.30. The Morgan fingerprint density at radius 2 is 1.69 bits per heavy atom. The Hall–Kier alpha value is -3.45. The third-order valence-electron chi connectivity index (χ3n) is 5.35. The first-order valence-electron chi connectivity index (χ1n) is 10.3. The van der Waals surface area contributed by atoms with Crippen LogP contribution in [0.2, 0.25) is 5.02 Å². The highest BCUT2D eigenvalue weighted by atomic mass is 35.5. The van der Waals surface area contributed by atoms with Gasteiger partial charge in [0.25, 0.3) is 0 Å². The summed E-state index contributed by atoms with van der Waals surface area (Å²) in [5.41, 5.74) is 1.49. The smallest absolute Gasteiger partial charge is 0.225 e. The summed E-state index contributed by atoms with van der Waals surface area (Å²) in [7, 11) is 0.